The molecule has 0 spiro atoms. The molecular weight excluding hydrogens is 468 g/mol. The molecule has 4 aromatic rings. The Hall–Kier alpha value is -2.97. The molecule has 0 amide bonds. The highest BCUT2D eigenvalue weighted by Gasteiger charge is 2.20. The summed E-state index contributed by atoms with van der Waals surface area (Å²) in [6, 6.07) is 18.3. The highest BCUT2D eigenvalue weighted by Crippen LogP contribution is 2.27. The first kappa shape index (κ1) is 20.3. The van der Waals surface area contributed by atoms with Crippen molar-refractivity contribution in [3.05, 3.63) is 92.9 Å². The molecule has 3 aromatic carbocycles. The van der Waals surface area contributed by atoms with Gasteiger partial charge in [-0.1, -0.05) is 40.2 Å². The monoisotopic (exact) mass is 484 g/mol. The van der Waals surface area contributed by atoms with Crippen molar-refractivity contribution in [3.63, 3.8) is 0 Å². The first-order valence-corrected chi connectivity index (χ1v) is 11.3. The van der Waals surface area contributed by atoms with Gasteiger partial charge in [0.1, 0.15) is 16.2 Å². The van der Waals surface area contributed by atoms with Crippen LogP contribution in [0.5, 0.6) is 5.75 Å². The van der Waals surface area contributed by atoms with Gasteiger partial charge >= 0.3 is 10.1 Å². The van der Waals surface area contributed by atoms with Crippen LogP contribution in [0.1, 0.15) is 11.4 Å². The van der Waals surface area contributed by atoms with E-state index in [1.807, 2.05) is 31.2 Å². The van der Waals surface area contributed by atoms with Gasteiger partial charge in [-0.2, -0.15) is 8.42 Å². The largest absolute Gasteiger partial charge is 0.377 e. The van der Waals surface area contributed by atoms with Crippen molar-refractivity contribution >= 4 is 37.0 Å². The Morgan fingerprint density at radius 1 is 0.933 bits per heavy atom. The van der Waals surface area contributed by atoms with Gasteiger partial charge in [-0.05, 0) is 61.9 Å². The lowest BCUT2D eigenvalue weighted by atomic mass is 10.1. The van der Waals surface area contributed by atoms with Gasteiger partial charge in [-0.3, -0.25) is 9.36 Å². The van der Waals surface area contributed by atoms with Crippen LogP contribution in [0.25, 0.3) is 16.6 Å². The molecule has 0 bridgehead atoms. The van der Waals surface area contributed by atoms with E-state index in [2.05, 4.69) is 20.9 Å². The van der Waals surface area contributed by atoms with E-state index in [1.165, 1.54) is 22.8 Å². The zero-order valence-electron chi connectivity index (χ0n) is 16.2. The Kier molecular flexibility index (Phi) is 5.21. The van der Waals surface area contributed by atoms with Crippen molar-refractivity contribution in [1.82, 2.24) is 9.55 Å². The molecule has 0 atom stereocenters. The first-order valence-electron chi connectivity index (χ1n) is 9.06. The Bertz CT molecular complexity index is 1430. The molecule has 0 unspecified atom stereocenters. The van der Waals surface area contributed by atoms with E-state index in [-0.39, 0.29) is 27.1 Å². The quantitative estimate of drug-likeness (QED) is 0.397. The third-order valence-corrected chi connectivity index (χ3v) is 6.47. The number of halogens is 1. The number of hydrogen-bond acceptors (Lipinski definition) is 5. The molecule has 0 N–H and O–H groups in total. The average Bonchev–Trinajstić information content (AvgIpc) is 2.70. The van der Waals surface area contributed by atoms with Crippen molar-refractivity contribution in [3.8, 4) is 11.4 Å². The maximum atomic E-state index is 13.2. The van der Waals surface area contributed by atoms with Crippen LogP contribution in [0.3, 0.4) is 0 Å². The molecule has 6 nitrogen and oxygen atoms in total. The van der Waals surface area contributed by atoms with Crippen LogP contribution in [-0.2, 0) is 10.1 Å². The van der Waals surface area contributed by atoms with E-state index in [0.717, 1.165) is 15.7 Å². The van der Waals surface area contributed by atoms with E-state index in [0.29, 0.717) is 5.82 Å². The summed E-state index contributed by atoms with van der Waals surface area (Å²) in [5.41, 5.74) is 1.56. The molecule has 0 fully saturated rings. The lowest BCUT2D eigenvalue weighted by Gasteiger charge is -2.14. The van der Waals surface area contributed by atoms with Crippen LogP contribution in [0.15, 0.2) is 80.9 Å². The maximum absolute atomic E-state index is 13.2. The fourth-order valence-corrected chi connectivity index (χ4v) is 4.42. The predicted octanol–water partition coefficient (Wildman–Crippen LogP) is 4.53. The van der Waals surface area contributed by atoms with Gasteiger partial charge in [0, 0.05) is 4.47 Å². The number of fused-ring (bicyclic) bond motifs is 1. The SMILES string of the molecule is Cc1ccccc1-n1c(C)nc2c(OS(=O)(=O)c3ccc(Br)cc3)cccc2c1=O. The second-order valence-electron chi connectivity index (χ2n) is 6.73. The van der Waals surface area contributed by atoms with E-state index in [1.54, 1.807) is 31.2 Å². The molecule has 30 heavy (non-hydrogen) atoms. The van der Waals surface area contributed by atoms with Crippen molar-refractivity contribution in [2.45, 2.75) is 18.7 Å². The van der Waals surface area contributed by atoms with Crippen LogP contribution in [-0.4, -0.2) is 18.0 Å². The van der Waals surface area contributed by atoms with Gasteiger partial charge in [-0.25, -0.2) is 4.98 Å². The average molecular weight is 485 g/mol. The zero-order chi connectivity index (χ0) is 21.5. The number of nitrogens with zero attached hydrogens (tertiary/aromatic N) is 2. The number of aromatic nitrogens is 2. The lowest BCUT2D eigenvalue weighted by molar-refractivity contribution is 0.488. The smallest absolute Gasteiger partial charge is 0.339 e. The normalized spacial score (nSPS) is 11.6. The molecule has 4 rings (SSSR count). The van der Waals surface area contributed by atoms with Gasteiger partial charge < -0.3 is 4.18 Å². The zero-order valence-corrected chi connectivity index (χ0v) is 18.6. The van der Waals surface area contributed by atoms with Gasteiger partial charge in [0.05, 0.1) is 11.1 Å². The van der Waals surface area contributed by atoms with Crippen LogP contribution < -0.4 is 9.74 Å². The summed E-state index contributed by atoms with van der Waals surface area (Å²) in [4.78, 5) is 17.8. The number of rotatable bonds is 4. The molecule has 1 aromatic heterocycles. The third-order valence-electron chi connectivity index (χ3n) is 4.69. The number of benzene rings is 3. The van der Waals surface area contributed by atoms with E-state index in [4.69, 9.17) is 4.18 Å². The standard InChI is InChI=1S/C22H17BrN2O4S/c1-14-6-3-4-8-19(14)25-15(2)24-21-18(22(25)26)7-5-9-20(21)29-30(27,28)17-12-10-16(23)11-13-17/h3-13H,1-2H3. The number of aryl methyl sites for hydroxylation is 2. The Balaban J connectivity index is 1.87. The van der Waals surface area contributed by atoms with Gasteiger partial charge in [-0.15, -0.1) is 0 Å². The molecule has 0 aliphatic carbocycles. The fraction of sp³-hybridized carbons (Fsp3) is 0.0909. The minimum atomic E-state index is -4.09. The minimum absolute atomic E-state index is 0.00699. The van der Waals surface area contributed by atoms with E-state index < -0.39 is 10.1 Å². The van der Waals surface area contributed by atoms with E-state index in [9.17, 15) is 13.2 Å². The summed E-state index contributed by atoms with van der Waals surface area (Å²) in [5.74, 6) is 0.437. The highest BCUT2D eigenvalue weighted by molar-refractivity contribution is 9.10. The van der Waals surface area contributed by atoms with Crippen molar-refractivity contribution in [2.75, 3.05) is 0 Å². The van der Waals surface area contributed by atoms with Crippen LogP contribution >= 0.6 is 15.9 Å². The third kappa shape index (κ3) is 3.64. The van der Waals surface area contributed by atoms with E-state index >= 15 is 0 Å². The Morgan fingerprint density at radius 2 is 1.63 bits per heavy atom. The summed E-state index contributed by atoms with van der Waals surface area (Å²) in [6.07, 6.45) is 0. The summed E-state index contributed by atoms with van der Waals surface area (Å²) in [6.45, 7) is 3.61. The minimum Gasteiger partial charge on any atom is -0.377 e. The Labute approximate surface area is 182 Å². The molecule has 0 saturated carbocycles. The number of hydrogen-bond donors (Lipinski definition) is 0. The highest BCUT2D eigenvalue weighted by atomic mass is 79.9. The second-order valence-corrected chi connectivity index (χ2v) is 9.19. The fourth-order valence-electron chi connectivity index (χ4n) is 3.22. The van der Waals surface area contributed by atoms with Gasteiger partial charge in [0.25, 0.3) is 5.56 Å². The van der Waals surface area contributed by atoms with Crippen molar-refractivity contribution in [1.29, 1.82) is 0 Å². The van der Waals surface area contributed by atoms with Crippen LogP contribution in [0.4, 0.5) is 0 Å². The topological polar surface area (TPSA) is 78.3 Å². The molecule has 0 aliphatic heterocycles. The summed E-state index contributed by atoms with van der Waals surface area (Å²) >= 11 is 3.28. The molecule has 1 heterocycles. The number of para-hydroxylation sites is 2. The van der Waals surface area contributed by atoms with Gasteiger partial charge in [0.15, 0.2) is 5.75 Å². The van der Waals surface area contributed by atoms with Crippen LogP contribution in [0.2, 0.25) is 0 Å². The molecule has 0 saturated heterocycles. The molecule has 0 radical (unpaired) electrons. The summed E-state index contributed by atoms with van der Waals surface area (Å²) in [7, 11) is -4.09. The van der Waals surface area contributed by atoms with Gasteiger partial charge in [0.2, 0.25) is 0 Å². The maximum Gasteiger partial charge on any atom is 0.339 e. The first-order chi connectivity index (χ1) is 14.3. The molecule has 8 heteroatoms. The van der Waals surface area contributed by atoms with Crippen molar-refractivity contribution < 1.29 is 12.6 Å². The second kappa shape index (κ2) is 7.70. The molecule has 0 aliphatic rings. The summed E-state index contributed by atoms with van der Waals surface area (Å²) in [5, 5.41) is 0.271. The molecular formula is C22H17BrN2O4S. The van der Waals surface area contributed by atoms with Crippen molar-refractivity contribution in [2.24, 2.45) is 0 Å². The Morgan fingerprint density at radius 3 is 2.33 bits per heavy atom. The summed E-state index contributed by atoms with van der Waals surface area (Å²) < 4.78 is 33.1. The van der Waals surface area contributed by atoms with Crippen LogP contribution in [0, 0.1) is 13.8 Å². The molecule has 152 valence electrons. The lowest BCUT2D eigenvalue weighted by Crippen LogP contribution is -2.23. The predicted molar refractivity (Wildman–Crippen MR) is 119 cm³/mol.